The van der Waals surface area contributed by atoms with Gasteiger partial charge in [0.1, 0.15) is 6.04 Å². The Labute approximate surface area is 142 Å². The Kier molecular flexibility index (Phi) is 5.72. The monoisotopic (exact) mass is 332 g/mol. The third-order valence-corrected chi connectivity index (χ3v) is 4.03. The first-order valence-corrected chi connectivity index (χ1v) is 8.13. The Bertz CT molecular complexity index is 607. The van der Waals surface area contributed by atoms with E-state index in [1.807, 2.05) is 13.8 Å². The number of benzene rings is 1. The van der Waals surface area contributed by atoms with Crippen molar-refractivity contribution in [3.05, 3.63) is 35.4 Å². The number of fused-ring (bicyclic) bond motifs is 1. The normalized spacial score (nSPS) is 15.0. The van der Waals surface area contributed by atoms with Crippen LogP contribution < -0.4 is 0 Å². The molecule has 0 radical (unpaired) electrons. The van der Waals surface area contributed by atoms with Crippen molar-refractivity contribution >= 4 is 17.7 Å². The van der Waals surface area contributed by atoms with Crippen LogP contribution in [0.4, 0.5) is 0 Å². The molecule has 1 aliphatic rings. The molecule has 0 saturated carbocycles. The number of ether oxygens (including phenoxy) is 1. The molecule has 1 aromatic carbocycles. The summed E-state index contributed by atoms with van der Waals surface area (Å²) in [7, 11) is 1.58. The van der Waals surface area contributed by atoms with Gasteiger partial charge in [-0.15, -0.1) is 0 Å². The molecule has 3 amide bonds. The molecule has 24 heavy (non-hydrogen) atoms. The smallest absolute Gasteiger partial charge is 0.262 e. The number of hydrogen-bond acceptors (Lipinski definition) is 4. The van der Waals surface area contributed by atoms with Crippen LogP contribution in [-0.2, 0) is 9.53 Å². The first kappa shape index (κ1) is 18.1. The highest BCUT2D eigenvalue weighted by atomic mass is 16.5. The summed E-state index contributed by atoms with van der Waals surface area (Å²) in [6, 6.07) is 5.81. The second-order valence-electron chi connectivity index (χ2n) is 6.37. The van der Waals surface area contributed by atoms with E-state index in [0.717, 1.165) is 4.90 Å². The van der Waals surface area contributed by atoms with Crippen molar-refractivity contribution in [2.24, 2.45) is 5.92 Å². The summed E-state index contributed by atoms with van der Waals surface area (Å²) >= 11 is 0. The van der Waals surface area contributed by atoms with Gasteiger partial charge in [-0.25, -0.2) is 0 Å². The maximum Gasteiger partial charge on any atom is 0.262 e. The largest absolute Gasteiger partial charge is 0.383 e. The van der Waals surface area contributed by atoms with E-state index in [-0.39, 0.29) is 11.8 Å². The van der Waals surface area contributed by atoms with Gasteiger partial charge in [-0.2, -0.15) is 0 Å². The molecule has 1 aromatic rings. The summed E-state index contributed by atoms with van der Waals surface area (Å²) < 4.78 is 5.06. The molecule has 6 heteroatoms. The van der Waals surface area contributed by atoms with E-state index in [4.69, 9.17) is 4.74 Å². The molecule has 130 valence electrons. The molecule has 2 rings (SSSR count). The molecular formula is C18H24N2O4. The van der Waals surface area contributed by atoms with Crippen LogP contribution in [0.25, 0.3) is 0 Å². The van der Waals surface area contributed by atoms with Gasteiger partial charge in [-0.1, -0.05) is 26.0 Å². The van der Waals surface area contributed by atoms with E-state index >= 15 is 0 Å². The predicted octanol–water partition coefficient (Wildman–Crippen LogP) is 1.80. The number of carbonyl (C=O) groups is 3. The molecular weight excluding hydrogens is 308 g/mol. The molecule has 0 spiro atoms. The van der Waals surface area contributed by atoms with Gasteiger partial charge in [0.25, 0.3) is 11.8 Å². The number of imide groups is 1. The van der Waals surface area contributed by atoms with Crippen molar-refractivity contribution in [3.8, 4) is 0 Å². The van der Waals surface area contributed by atoms with Crippen molar-refractivity contribution in [2.45, 2.75) is 26.8 Å². The van der Waals surface area contributed by atoms with Crippen LogP contribution in [0.15, 0.2) is 24.3 Å². The van der Waals surface area contributed by atoms with Crippen LogP contribution in [0.1, 0.15) is 41.5 Å². The highest BCUT2D eigenvalue weighted by molar-refractivity contribution is 6.22. The minimum Gasteiger partial charge on any atom is -0.383 e. The van der Waals surface area contributed by atoms with E-state index in [1.54, 1.807) is 43.2 Å². The number of methoxy groups -OCH3 is 1. The van der Waals surface area contributed by atoms with Crippen LogP contribution in [0, 0.1) is 5.92 Å². The number of amides is 3. The summed E-state index contributed by atoms with van der Waals surface area (Å²) in [5.74, 6) is -0.782. The SMILES string of the molecule is COCCN(CC(C)C)C(=O)C(C)N1C(=O)c2ccccc2C1=O. The van der Waals surface area contributed by atoms with Gasteiger partial charge in [0.15, 0.2) is 0 Å². The molecule has 1 atom stereocenters. The minimum atomic E-state index is -0.840. The van der Waals surface area contributed by atoms with E-state index in [0.29, 0.717) is 30.8 Å². The molecule has 6 nitrogen and oxygen atoms in total. The number of carbonyl (C=O) groups excluding carboxylic acids is 3. The predicted molar refractivity (Wildman–Crippen MR) is 89.7 cm³/mol. The lowest BCUT2D eigenvalue weighted by Gasteiger charge is -2.30. The van der Waals surface area contributed by atoms with Crippen molar-refractivity contribution < 1.29 is 19.1 Å². The average Bonchev–Trinajstić information content (AvgIpc) is 2.81. The third kappa shape index (κ3) is 3.48. The van der Waals surface area contributed by atoms with Crippen LogP contribution in [0.3, 0.4) is 0 Å². The number of hydrogen-bond donors (Lipinski definition) is 0. The van der Waals surface area contributed by atoms with Crippen LogP contribution in [0.2, 0.25) is 0 Å². The lowest BCUT2D eigenvalue weighted by atomic mass is 10.1. The molecule has 0 aromatic heterocycles. The van der Waals surface area contributed by atoms with E-state index in [9.17, 15) is 14.4 Å². The summed E-state index contributed by atoms with van der Waals surface area (Å²) in [6.45, 7) is 7.02. The molecule has 0 bridgehead atoms. The van der Waals surface area contributed by atoms with Gasteiger partial charge in [0.2, 0.25) is 5.91 Å². The standard InChI is InChI=1S/C18H24N2O4/c1-12(2)11-19(9-10-24-4)16(21)13(3)20-17(22)14-7-5-6-8-15(14)18(20)23/h5-8,12-13H,9-11H2,1-4H3. The van der Waals surface area contributed by atoms with E-state index in [2.05, 4.69) is 0 Å². The number of nitrogens with zero attached hydrogens (tertiary/aromatic N) is 2. The Morgan fingerprint density at radius 1 is 1.12 bits per heavy atom. The van der Waals surface area contributed by atoms with Crippen molar-refractivity contribution in [2.75, 3.05) is 26.8 Å². The van der Waals surface area contributed by atoms with Crippen LogP contribution in [0.5, 0.6) is 0 Å². The fourth-order valence-corrected chi connectivity index (χ4v) is 2.87. The molecule has 0 saturated heterocycles. The topological polar surface area (TPSA) is 66.9 Å². The first-order valence-electron chi connectivity index (χ1n) is 8.13. The summed E-state index contributed by atoms with van der Waals surface area (Å²) in [5.41, 5.74) is 0.712. The Morgan fingerprint density at radius 2 is 1.67 bits per heavy atom. The lowest BCUT2D eigenvalue weighted by molar-refractivity contribution is -0.136. The lowest BCUT2D eigenvalue weighted by Crippen LogP contribution is -2.50. The fraction of sp³-hybridized carbons (Fsp3) is 0.500. The molecule has 0 aliphatic carbocycles. The van der Waals surface area contributed by atoms with Gasteiger partial charge in [-0.3, -0.25) is 19.3 Å². The zero-order chi connectivity index (χ0) is 17.9. The van der Waals surface area contributed by atoms with E-state index < -0.39 is 17.9 Å². The quantitative estimate of drug-likeness (QED) is 0.714. The van der Waals surface area contributed by atoms with Gasteiger partial charge in [-0.05, 0) is 25.0 Å². The van der Waals surface area contributed by atoms with Crippen molar-refractivity contribution in [1.29, 1.82) is 0 Å². The third-order valence-electron chi connectivity index (χ3n) is 4.03. The molecule has 1 heterocycles. The van der Waals surface area contributed by atoms with Gasteiger partial charge in [0, 0.05) is 20.2 Å². The molecule has 1 aliphatic heterocycles. The van der Waals surface area contributed by atoms with Gasteiger partial charge in [0.05, 0.1) is 17.7 Å². The van der Waals surface area contributed by atoms with Gasteiger partial charge >= 0.3 is 0 Å². The zero-order valence-corrected chi connectivity index (χ0v) is 14.6. The second kappa shape index (κ2) is 7.57. The maximum atomic E-state index is 12.8. The summed E-state index contributed by atoms with van der Waals surface area (Å²) in [6.07, 6.45) is 0. The zero-order valence-electron chi connectivity index (χ0n) is 14.6. The van der Waals surface area contributed by atoms with Crippen LogP contribution in [-0.4, -0.2) is 60.4 Å². The Morgan fingerprint density at radius 3 is 2.12 bits per heavy atom. The minimum absolute atomic E-state index is 0.241. The Balaban J connectivity index is 2.20. The molecule has 1 unspecified atom stereocenters. The average molecular weight is 332 g/mol. The summed E-state index contributed by atoms with van der Waals surface area (Å²) in [4.78, 5) is 40.6. The van der Waals surface area contributed by atoms with Crippen LogP contribution >= 0.6 is 0 Å². The second-order valence-corrected chi connectivity index (χ2v) is 6.37. The highest BCUT2D eigenvalue weighted by Crippen LogP contribution is 2.25. The Hall–Kier alpha value is -2.21. The maximum absolute atomic E-state index is 12.8. The summed E-state index contributed by atoms with van der Waals surface area (Å²) in [5, 5.41) is 0. The van der Waals surface area contributed by atoms with Crippen molar-refractivity contribution in [3.63, 3.8) is 0 Å². The highest BCUT2D eigenvalue weighted by Gasteiger charge is 2.41. The first-order chi connectivity index (χ1) is 11.4. The fourth-order valence-electron chi connectivity index (χ4n) is 2.87. The van der Waals surface area contributed by atoms with E-state index in [1.165, 1.54) is 0 Å². The number of rotatable bonds is 7. The molecule has 0 fully saturated rings. The van der Waals surface area contributed by atoms with Gasteiger partial charge < -0.3 is 9.64 Å². The molecule has 0 N–H and O–H groups in total. The van der Waals surface area contributed by atoms with Crippen molar-refractivity contribution in [1.82, 2.24) is 9.80 Å².